The summed E-state index contributed by atoms with van der Waals surface area (Å²) in [5.41, 5.74) is 6.99. The maximum atomic E-state index is 12.1. The lowest BCUT2D eigenvalue weighted by atomic mass is 10.1. The predicted molar refractivity (Wildman–Crippen MR) is 120 cm³/mol. The normalized spacial score (nSPS) is 10.7. The smallest absolute Gasteiger partial charge is 0.343 e. The van der Waals surface area contributed by atoms with E-state index in [0.29, 0.717) is 17.1 Å². The van der Waals surface area contributed by atoms with Crippen molar-refractivity contribution in [3.05, 3.63) is 94.5 Å². The van der Waals surface area contributed by atoms with Crippen molar-refractivity contribution in [2.75, 3.05) is 6.61 Å². The van der Waals surface area contributed by atoms with Crippen LogP contribution in [0.5, 0.6) is 11.5 Å². The number of hydrazone groups is 1. The van der Waals surface area contributed by atoms with E-state index >= 15 is 0 Å². The summed E-state index contributed by atoms with van der Waals surface area (Å²) in [7, 11) is 0. The van der Waals surface area contributed by atoms with Gasteiger partial charge in [0.2, 0.25) is 0 Å². The maximum Gasteiger partial charge on any atom is 0.343 e. The summed E-state index contributed by atoms with van der Waals surface area (Å²) in [6, 6.07) is 19.6. The molecule has 0 fully saturated rings. The second-order valence-electron chi connectivity index (χ2n) is 7.15. The zero-order valence-electron chi connectivity index (χ0n) is 17.7. The van der Waals surface area contributed by atoms with Gasteiger partial charge in [-0.05, 0) is 86.0 Å². The molecule has 0 saturated heterocycles. The quantitative estimate of drug-likeness (QED) is 0.269. The van der Waals surface area contributed by atoms with Gasteiger partial charge in [-0.3, -0.25) is 4.79 Å². The largest absolute Gasteiger partial charge is 0.484 e. The van der Waals surface area contributed by atoms with Crippen LogP contribution in [-0.2, 0) is 4.79 Å². The van der Waals surface area contributed by atoms with Gasteiger partial charge < -0.3 is 9.47 Å². The number of amides is 1. The average Bonchev–Trinajstić information content (AvgIpc) is 2.76. The van der Waals surface area contributed by atoms with Gasteiger partial charge in [0, 0.05) is 0 Å². The zero-order chi connectivity index (χ0) is 22.2. The first-order valence-electron chi connectivity index (χ1n) is 9.81. The third-order valence-electron chi connectivity index (χ3n) is 4.63. The minimum absolute atomic E-state index is 0.131. The molecule has 0 heterocycles. The first kappa shape index (κ1) is 21.8. The highest BCUT2D eigenvalue weighted by Crippen LogP contribution is 2.16. The lowest BCUT2D eigenvalue weighted by Gasteiger charge is -2.07. The van der Waals surface area contributed by atoms with Crippen LogP contribution in [0.25, 0.3) is 0 Å². The topological polar surface area (TPSA) is 77.0 Å². The molecule has 6 nitrogen and oxygen atoms in total. The van der Waals surface area contributed by atoms with Crippen molar-refractivity contribution in [2.45, 2.75) is 20.8 Å². The molecule has 3 aromatic rings. The molecule has 0 aliphatic carbocycles. The number of carbonyl (C=O) groups excluding carboxylic acids is 2. The number of nitrogens with zero attached hydrogens (tertiary/aromatic N) is 1. The van der Waals surface area contributed by atoms with E-state index in [4.69, 9.17) is 9.47 Å². The van der Waals surface area contributed by atoms with Gasteiger partial charge >= 0.3 is 5.97 Å². The Labute approximate surface area is 181 Å². The van der Waals surface area contributed by atoms with E-state index in [0.717, 1.165) is 22.3 Å². The average molecular weight is 416 g/mol. The van der Waals surface area contributed by atoms with Crippen molar-refractivity contribution >= 4 is 18.1 Å². The van der Waals surface area contributed by atoms with E-state index < -0.39 is 5.97 Å². The number of carbonyl (C=O) groups is 2. The molecule has 0 radical (unpaired) electrons. The molecule has 3 aromatic carbocycles. The fourth-order valence-corrected chi connectivity index (χ4v) is 2.64. The molecule has 0 saturated carbocycles. The second kappa shape index (κ2) is 10.2. The van der Waals surface area contributed by atoms with Gasteiger partial charge in [-0.25, -0.2) is 10.2 Å². The molecule has 0 unspecified atom stereocenters. The molecule has 3 rings (SSSR count). The molecule has 1 N–H and O–H groups in total. The summed E-state index contributed by atoms with van der Waals surface area (Å²) < 4.78 is 10.8. The standard InChI is InChI=1S/C25H24N2O4/c1-17-4-9-21(10-5-17)25(29)31-22-12-7-20(8-13-22)15-26-27-24(28)16-30-23-11-6-18(2)19(3)14-23/h4-15H,16H2,1-3H3,(H,27,28). The highest BCUT2D eigenvalue weighted by molar-refractivity contribution is 5.91. The van der Waals surface area contributed by atoms with Gasteiger partial charge in [0.05, 0.1) is 11.8 Å². The number of esters is 1. The third kappa shape index (κ3) is 6.54. The second-order valence-corrected chi connectivity index (χ2v) is 7.15. The summed E-state index contributed by atoms with van der Waals surface area (Å²) in [6.45, 7) is 5.83. The first-order valence-corrected chi connectivity index (χ1v) is 9.81. The fourth-order valence-electron chi connectivity index (χ4n) is 2.64. The van der Waals surface area contributed by atoms with Crippen LogP contribution in [0.4, 0.5) is 0 Å². The molecule has 31 heavy (non-hydrogen) atoms. The molecule has 0 bridgehead atoms. The molecule has 0 aliphatic rings. The van der Waals surface area contributed by atoms with Crippen LogP contribution >= 0.6 is 0 Å². The molecule has 0 aromatic heterocycles. The van der Waals surface area contributed by atoms with E-state index in [-0.39, 0.29) is 12.5 Å². The summed E-state index contributed by atoms with van der Waals surface area (Å²) in [4.78, 5) is 24.0. The van der Waals surface area contributed by atoms with Crippen molar-refractivity contribution in [1.29, 1.82) is 0 Å². The number of aryl methyl sites for hydroxylation is 3. The van der Waals surface area contributed by atoms with Crippen molar-refractivity contribution in [3.63, 3.8) is 0 Å². The fraction of sp³-hybridized carbons (Fsp3) is 0.160. The number of benzene rings is 3. The van der Waals surface area contributed by atoms with Crippen molar-refractivity contribution in [2.24, 2.45) is 5.10 Å². The Morgan fingerprint density at radius 1 is 0.871 bits per heavy atom. The number of ether oxygens (including phenoxy) is 2. The summed E-state index contributed by atoms with van der Waals surface area (Å²) in [6.07, 6.45) is 1.50. The predicted octanol–water partition coefficient (Wildman–Crippen LogP) is 4.36. The van der Waals surface area contributed by atoms with Gasteiger partial charge in [-0.2, -0.15) is 5.10 Å². The Balaban J connectivity index is 1.46. The Morgan fingerprint density at radius 2 is 1.55 bits per heavy atom. The van der Waals surface area contributed by atoms with Crippen molar-refractivity contribution in [1.82, 2.24) is 5.43 Å². The Morgan fingerprint density at radius 3 is 2.23 bits per heavy atom. The van der Waals surface area contributed by atoms with Gasteiger partial charge in [-0.1, -0.05) is 23.8 Å². The number of rotatable bonds is 7. The van der Waals surface area contributed by atoms with Crippen LogP contribution in [0.1, 0.15) is 32.6 Å². The van der Waals surface area contributed by atoms with Crippen LogP contribution in [-0.4, -0.2) is 24.7 Å². The monoisotopic (exact) mass is 416 g/mol. The van der Waals surface area contributed by atoms with Gasteiger partial charge in [0.15, 0.2) is 6.61 Å². The lowest BCUT2D eigenvalue weighted by molar-refractivity contribution is -0.123. The molecule has 6 heteroatoms. The summed E-state index contributed by atoms with van der Waals surface area (Å²) in [5, 5.41) is 3.92. The highest BCUT2D eigenvalue weighted by Gasteiger charge is 2.08. The van der Waals surface area contributed by atoms with Crippen LogP contribution < -0.4 is 14.9 Å². The minimum Gasteiger partial charge on any atom is -0.484 e. The summed E-state index contributed by atoms with van der Waals surface area (Å²) >= 11 is 0. The van der Waals surface area contributed by atoms with Crippen molar-refractivity contribution in [3.8, 4) is 11.5 Å². The molecule has 158 valence electrons. The van der Waals surface area contributed by atoms with E-state index in [1.165, 1.54) is 6.21 Å². The molecule has 0 atom stereocenters. The molecule has 0 aliphatic heterocycles. The lowest BCUT2D eigenvalue weighted by Crippen LogP contribution is -2.24. The SMILES string of the molecule is Cc1ccc(C(=O)Oc2ccc(C=NNC(=O)COc3ccc(C)c(C)c3)cc2)cc1. The molecule has 1 amide bonds. The molecule has 0 spiro atoms. The number of hydrogen-bond donors (Lipinski definition) is 1. The Hall–Kier alpha value is -3.93. The highest BCUT2D eigenvalue weighted by atomic mass is 16.5. The van der Waals surface area contributed by atoms with E-state index in [1.807, 2.05) is 51.1 Å². The minimum atomic E-state index is -0.419. The maximum absolute atomic E-state index is 12.1. The van der Waals surface area contributed by atoms with Gasteiger partial charge in [-0.15, -0.1) is 0 Å². The van der Waals surface area contributed by atoms with Crippen LogP contribution in [0.2, 0.25) is 0 Å². The Bertz CT molecular complexity index is 1090. The van der Waals surface area contributed by atoms with Crippen molar-refractivity contribution < 1.29 is 19.1 Å². The van der Waals surface area contributed by atoms with E-state index in [9.17, 15) is 9.59 Å². The van der Waals surface area contributed by atoms with E-state index in [2.05, 4.69) is 10.5 Å². The van der Waals surface area contributed by atoms with E-state index in [1.54, 1.807) is 36.4 Å². The number of nitrogens with one attached hydrogen (secondary N) is 1. The van der Waals surface area contributed by atoms with Crippen LogP contribution in [0.15, 0.2) is 71.8 Å². The molecular weight excluding hydrogens is 392 g/mol. The van der Waals surface area contributed by atoms with Gasteiger partial charge in [0.1, 0.15) is 11.5 Å². The van der Waals surface area contributed by atoms with Crippen LogP contribution in [0.3, 0.4) is 0 Å². The zero-order valence-corrected chi connectivity index (χ0v) is 17.7. The third-order valence-corrected chi connectivity index (χ3v) is 4.63. The summed E-state index contributed by atoms with van der Waals surface area (Å²) in [5.74, 6) is 0.280. The Kier molecular flexibility index (Phi) is 7.17. The van der Waals surface area contributed by atoms with Crippen LogP contribution in [0, 0.1) is 20.8 Å². The molecular formula is C25H24N2O4. The first-order chi connectivity index (χ1) is 14.9. The van der Waals surface area contributed by atoms with Gasteiger partial charge in [0.25, 0.3) is 5.91 Å². The number of hydrogen-bond acceptors (Lipinski definition) is 5.